The molecule has 1 aliphatic rings. The topological polar surface area (TPSA) is 64.4 Å². The van der Waals surface area contributed by atoms with Crippen LogP contribution in [0.25, 0.3) is 0 Å². The van der Waals surface area contributed by atoms with E-state index in [9.17, 15) is 10.1 Å². The van der Waals surface area contributed by atoms with E-state index in [-0.39, 0.29) is 5.69 Å². The van der Waals surface area contributed by atoms with Crippen molar-refractivity contribution < 1.29 is 9.66 Å². The zero-order valence-corrected chi connectivity index (χ0v) is 11.0. The lowest BCUT2D eigenvalue weighted by molar-refractivity contribution is -0.384. The Hall–Kier alpha value is -2.04. The second-order valence-corrected chi connectivity index (χ2v) is 4.61. The van der Waals surface area contributed by atoms with Gasteiger partial charge in [-0.25, -0.2) is 0 Å². The molecule has 102 valence electrons. The van der Waals surface area contributed by atoms with E-state index in [0.717, 1.165) is 24.9 Å². The average molecular weight is 262 g/mol. The summed E-state index contributed by atoms with van der Waals surface area (Å²) in [6.45, 7) is 2.56. The van der Waals surface area contributed by atoms with Crippen LogP contribution in [0.3, 0.4) is 0 Å². The van der Waals surface area contributed by atoms with Crippen molar-refractivity contribution in [1.82, 2.24) is 0 Å². The number of nitro benzene ring substituents is 1. The summed E-state index contributed by atoms with van der Waals surface area (Å²) < 4.78 is 5.49. The van der Waals surface area contributed by atoms with Gasteiger partial charge in [0, 0.05) is 23.9 Å². The molecular weight excluding hydrogens is 244 g/mol. The van der Waals surface area contributed by atoms with Crippen LogP contribution in [0.2, 0.25) is 0 Å². The third-order valence-corrected chi connectivity index (χ3v) is 2.95. The van der Waals surface area contributed by atoms with Crippen LogP contribution in [0.5, 0.6) is 5.75 Å². The molecular formula is C14H18N2O3. The quantitative estimate of drug-likeness (QED) is 0.484. The Morgan fingerprint density at radius 1 is 1.37 bits per heavy atom. The first-order chi connectivity index (χ1) is 9.19. The van der Waals surface area contributed by atoms with Crippen LogP contribution in [0.1, 0.15) is 26.2 Å². The van der Waals surface area contributed by atoms with Gasteiger partial charge in [-0.15, -0.1) is 0 Å². The molecule has 0 unspecified atom stereocenters. The second kappa shape index (κ2) is 6.22. The molecule has 0 atom stereocenters. The summed E-state index contributed by atoms with van der Waals surface area (Å²) in [7, 11) is 0. The number of hydrogen-bond donors (Lipinski definition) is 1. The van der Waals surface area contributed by atoms with Crippen molar-refractivity contribution in [3.05, 3.63) is 40.5 Å². The third kappa shape index (κ3) is 3.71. The minimum atomic E-state index is -0.392. The van der Waals surface area contributed by atoms with E-state index in [1.165, 1.54) is 6.07 Å². The highest BCUT2D eigenvalue weighted by atomic mass is 16.6. The molecule has 1 aliphatic carbocycles. The van der Waals surface area contributed by atoms with E-state index >= 15 is 0 Å². The van der Waals surface area contributed by atoms with Gasteiger partial charge in [-0.3, -0.25) is 10.1 Å². The molecule has 0 aliphatic heterocycles. The molecule has 0 fully saturated rings. The van der Waals surface area contributed by atoms with Gasteiger partial charge in [0.2, 0.25) is 0 Å². The molecule has 0 heterocycles. The molecule has 2 rings (SSSR count). The van der Waals surface area contributed by atoms with Gasteiger partial charge in [0.05, 0.1) is 17.6 Å². The van der Waals surface area contributed by atoms with Crippen LogP contribution in [0, 0.1) is 10.1 Å². The van der Waals surface area contributed by atoms with Crippen LogP contribution in [-0.4, -0.2) is 17.6 Å². The summed E-state index contributed by atoms with van der Waals surface area (Å²) >= 11 is 0. The van der Waals surface area contributed by atoms with E-state index in [0.29, 0.717) is 18.4 Å². The fraction of sp³-hybridized carbons (Fsp3) is 0.429. The maximum Gasteiger partial charge on any atom is 0.275 e. The third-order valence-electron chi connectivity index (χ3n) is 2.95. The Bertz CT molecular complexity index is 478. The Kier molecular flexibility index (Phi) is 4.39. The average Bonchev–Trinajstić information content (AvgIpc) is 2.89. The van der Waals surface area contributed by atoms with Crippen molar-refractivity contribution in [3.8, 4) is 5.75 Å². The smallest absolute Gasteiger partial charge is 0.275 e. The summed E-state index contributed by atoms with van der Waals surface area (Å²) in [6.07, 6.45) is 7.01. The van der Waals surface area contributed by atoms with Crippen molar-refractivity contribution in [3.63, 3.8) is 0 Å². The molecule has 19 heavy (non-hydrogen) atoms. The van der Waals surface area contributed by atoms with Gasteiger partial charge in [-0.1, -0.05) is 19.1 Å². The van der Waals surface area contributed by atoms with Gasteiger partial charge < -0.3 is 10.1 Å². The van der Waals surface area contributed by atoms with E-state index in [2.05, 4.69) is 17.5 Å². The summed E-state index contributed by atoms with van der Waals surface area (Å²) in [4.78, 5) is 10.5. The molecule has 1 N–H and O–H groups in total. The summed E-state index contributed by atoms with van der Waals surface area (Å²) in [5.74, 6) is 0.546. The number of non-ortho nitro benzene ring substituents is 1. The molecule has 0 saturated heterocycles. The standard InChI is InChI=1S/C14H18N2O3/c1-2-7-19-14-9-12(8-13(10-14)16(17)18)15-11-5-3-4-6-11/h3-4,8-11,15H,2,5-7H2,1H3. The van der Waals surface area contributed by atoms with Gasteiger partial charge in [-0.2, -0.15) is 0 Å². The van der Waals surface area contributed by atoms with Crippen LogP contribution in [-0.2, 0) is 0 Å². The summed E-state index contributed by atoms with van der Waals surface area (Å²) in [5.41, 5.74) is 0.802. The molecule has 0 radical (unpaired) electrons. The molecule has 5 heteroatoms. The second-order valence-electron chi connectivity index (χ2n) is 4.61. The monoisotopic (exact) mass is 262 g/mol. The minimum absolute atomic E-state index is 0.0575. The van der Waals surface area contributed by atoms with Crippen molar-refractivity contribution in [2.75, 3.05) is 11.9 Å². The number of nitro groups is 1. The Morgan fingerprint density at radius 3 is 2.74 bits per heavy atom. The SMILES string of the molecule is CCCOc1cc(NC2CC=CC2)cc([N+](=O)[O-])c1. The highest BCUT2D eigenvalue weighted by Crippen LogP contribution is 2.28. The zero-order valence-electron chi connectivity index (χ0n) is 11.0. The minimum Gasteiger partial charge on any atom is -0.493 e. The van der Waals surface area contributed by atoms with E-state index in [1.807, 2.05) is 13.0 Å². The van der Waals surface area contributed by atoms with Crippen LogP contribution >= 0.6 is 0 Å². The maximum absolute atomic E-state index is 10.9. The van der Waals surface area contributed by atoms with Crippen LogP contribution in [0.15, 0.2) is 30.4 Å². The molecule has 0 spiro atoms. The highest BCUT2D eigenvalue weighted by molar-refractivity contribution is 5.57. The normalized spacial score (nSPS) is 14.6. The zero-order chi connectivity index (χ0) is 13.7. The molecule has 0 bridgehead atoms. The molecule has 0 amide bonds. The van der Waals surface area contributed by atoms with Gasteiger partial charge >= 0.3 is 0 Å². The number of benzene rings is 1. The Morgan fingerprint density at radius 2 is 2.11 bits per heavy atom. The first-order valence-electron chi connectivity index (χ1n) is 6.53. The Labute approximate surface area is 112 Å². The molecule has 1 aromatic rings. The number of rotatable bonds is 6. The molecule has 1 aromatic carbocycles. The van der Waals surface area contributed by atoms with Gasteiger partial charge in [0.1, 0.15) is 5.75 Å². The lowest BCUT2D eigenvalue weighted by Crippen LogP contribution is -2.15. The van der Waals surface area contributed by atoms with E-state index in [1.54, 1.807) is 6.07 Å². The summed E-state index contributed by atoms with van der Waals surface area (Å²) in [6, 6.07) is 5.16. The Balaban J connectivity index is 2.15. The first kappa shape index (κ1) is 13.4. The number of hydrogen-bond acceptors (Lipinski definition) is 4. The highest BCUT2D eigenvalue weighted by Gasteiger charge is 2.14. The number of ether oxygens (including phenoxy) is 1. The lowest BCUT2D eigenvalue weighted by Gasteiger charge is -2.14. The maximum atomic E-state index is 10.9. The van der Waals surface area contributed by atoms with Gasteiger partial charge in [-0.05, 0) is 19.3 Å². The van der Waals surface area contributed by atoms with Crippen molar-refractivity contribution in [1.29, 1.82) is 0 Å². The van der Waals surface area contributed by atoms with Gasteiger partial charge in [0.15, 0.2) is 0 Å². The van der Waals surface area contributed by atoms with Crippen molar-refractivity contribution >= 4 is 11.4 Å². The number of nitrogens with one attached hydrogen (secondary N) is 1. The van der Waals surface area contributed by atoms with Crippen molar-refractivity contribution in [2.24, 2.45) is 0 Å². The lowest BCUT2D eigenvalue weighted by atomic mass is 10.2. The van der Waals surface area contributed by atoms with Crippen molar-refractivity contribution in [2.45, 2.75) is 32.2 Å². The molecule has 5 nitrogen and oxygen atoms in total. The first-order valence-corrected chi connectivity index (χ1v) is 6.53. The fourth-order valence-corrected chi connectivity index (χ4v) is 2.05. The van der Waals surface area contributed by atoms with Crippen LogP contribution < -0.4 is 10.1 Å². The van der Waals surface area contributed by atoms with Crippen LogP contribution in [0.4, 0.5) is 11.4 Å². The number of nitrogens with zero attached hydrogens (tertiary/aromatic N) is 1. The fourth-order valence-electron chi connectivity index (χ4n) is 2.05. The summed E-state index contributed by atoms with van der Waals surface area (Å²) in [5, 5.41) is 14.2. The predicted molar refractivity (Wildman–Crippen MR) is 74.7 cm³/mol. The van der Waals surface area contributed by atoms with E-state index in [4.69, 9.17) is 4.74 Å². The van der Waals surface area contributed by atoms with E-state index < -0.39 is 4.92 Å². The molecule has 0 saturated carbocycles. The molecule has 0 aromatic heterocycles. The predicted octanol–water partition coefficient (Wildman–Crippen LogP) is 3.51. The number of anilines is 1. The van der Waals surface area contributed by atoms with Gasteiger partial charge in [0.25, 0.3) is 5.69 Å². The largest absolute Gasteiger partial charge is 0.493 e.